The Bertz CT molecular complexity index is 659. The number of nitrogens with one attached hydrogen (secondary N) is 1. The van der Waals surface area contributed by atoms with E-state index in [2.05, 4.69) is 21.2 Å². The molecule has 0 fully saturated rings. The molecule has 5 heteroatoms. The molecule has 0 aromatic heterocycles. The largest absolute Gasteiger partial charge is 0.321 e. The Balaban J connectivity index is 2.35. The molecule has 2 aromatic carbocycles. The quantitative estimate of drug-likeness (QED) is 0.917. The predicted molar refractivity (Wildman–Crippen MR) is 73.2 cm³/mol. The van der Waals surface area contributed by atoms with Crippen LogP contribution in [0.5, 0.6) is 0 Å². The third kappa shape index (κ3) is 2.80. The van der Waals surface area contributed by atoms with E-state index in [9.17, 15) is 9.18 Å². The van der Waals surface area contributed by atoms with Gasteiger partial charge >= 0.3 is 0 Å². The van der Waals surface area contributed by atoms with Gasteiger partial charge in [-0.1, -0.05) is 18.2 Å². The fourth-order valence-corrected chi connectivity index (χ4v) is 2.11. The van der Waals surface area contributed by atoms with E-state index in [1.54, 1.807) is 30.3 Å². The van der Waals surface area contributed by atoms with Crippen LogP contribution in [0.1, 0.15) is 15.9 Å². The molecule has 0 bridgehead atoms. The highest BCUT2D eigenvalue weighted by molar-refractivity contribution is 9.10. The first-order valence-corrected chi connectivity index (χ1v) is 6.17. The lowest BCUT2D eigenvalue weighted by Crippen LogP contribution is -2.15. The van der Waals surface area contributed by atoms with Crippen molar-refractivity contribution in [2.45, 2.75) is 0 Å². The molecule has 94 valence electrons. The van der Waals surface area contributed by atoms with Gasteiger partial charge in [-0.05, 0) is 40.2 Å². The monoisotopic (exact) mass is 318 g/mol. The lowest BCUT2D eigenvalue weighted by atomic mass is 10.1. The van der Waals surface area contributed by atoms with Crippen molar-refractivity contribution < 1.29 is 9.18 Å². The van der Waals surface area contributed by atoms with Gasteiger partial charge in [0.2, 0.25) is 0 Å². The van der Waals surface area contributed by atoms with Gasteiger partial charge in [0, 0.05) is 4.47 Å². The molecule has 0 aliphatic rings. The third-order valence-corrected chi connectivity index (χ3v) is 3.15. The zero-order valence-corrected chi connectivity index (χ0v) is 11.2. The second-order valence-electron chi connectivity index (χ2n) is 3.71. The minimum absolute atomic E-state index is 0.0877. The Morgan fingerprint density at radius 1 is 1.21 bits per heavy atom. The van der Waals surface area contributed by atoms with Crippen LogP contribution in [0.15, 0.2) is 46.9 Å². The average molecular weight is 319 g/mol. The van der Waals surface area contributed by atoms with Crippen LogP contribution in [0.2, 0.25) is 0 Å². The van der Waals surface area contributed by atoms with E-state index in [1.807, 2.05) is 6.07 Å². The van der Waals surface area contributed by atoms with E-state index in [0.717, 1.165) is 0 Å². The molecule has 2 rings (SSSR count). The summed E-state index contributed by atoms with van der Waals surface area (Å²) in [4.78, 5) is 12.0. The van der Waals surface area contributed by atoms with Gasteiger partial charge in [0.25, 0.3) is 5.91 Å². The Morgan fingerprint density at radius 2 is 1.95 bits per heavy atom. The number of hydrogen-bond acceptors (Lipinski definition) is 2. The molecule has 1 amide bonds. The molecule has 0 radical (unpaired) electrons. The van der Waals surface area contributed by atoms with Crippen LogP contribution < -0.4 is 5.32 Å². The van der Waals surface area contributed by atoms with Gasteiger partial charge in [-0.3, -0.25) is 4.79 Å². The Kier molecular flexibility index (Phi) is 3.93. The van der Waals surface area contributed by atoms with E-state index >= 15 is 0 Å². The Labute approximate surface area is 117 Å². The van der Waals surface area contributed by atoms with Crippen molar-refractivity contribution >= 4 is 27.5 Å². The van der Waals surface area contributed by atoms with Gasteiger partial charge in [0.05, 0.1) is 16.8 Å². The maximum atomic E-state index is 13.6. The summed E-state index contributed by atoms with van der Waals surface area (Å²) in [6.07, 6.45) is 0. The SMILES string of the molecule is N#Cc1ccccc1NC(=O)c1c(F)cccc1Br. The number of carbonyl (C=O) groups is 1. The molecule has 0 aliphatic heterocycles. The summed E-state index contributed by atoms with van der Waals surface area (Å²) in [5.41, 5.74) is 0.587. The zero-order valence-electron chi connectivity index (χ0n) is 9.65. The summed E-state index contributed by atoms with van der Waals surface area (Å²) < 4.78 is 14.0. The van der Waals surface area contributed by atoms with Crippen molar-refractivity contribution in [2.75, 3.05) is 5.32 Å². The molecule has 0 unspecified atom stereocenters. The van der Waals surface area contributed by atoms with Gasteiger partial charge < -0.3 is 5.32 Å². The van der Waals surface area contributed by atoms with Crippen LogP contribution >= 0.6 is 15.9 Å². The van der Waals surface area contributed by atoms with Crippen LogP contribution in [-0.2, 0) is 0 Å². The summed E-state index contributed by atoms with van der Waals surface area (Å²) in [6.45, 7) is 0. The normalized spacial score (nSPS) is 9.74. The lowest BCUT2D eigenvalue weighted by Gasteiger charge is -2.08. The molecule has 0 saturated heterocycles. The van der Waals surface area contributed by atoms with Crippen molar-refractivity contribution in [3.8, 4) is 6.07 Å². The number of nitrogens with zero attached hydrogens (tertiary/aromatic N) is 1. The van der Waals surface area contributed by atoms with Gasteiger partial charge in [-0.25, -0.2) is 4.39 Å². The standard InChI is InChI=1S/C14H8BrFN2O/c15-10-5-3-6-11(16)13(10)14(19)18-12-7-2-1-4-9(12)8-17/h1-7H,(H,18,19). The lowest BCUT2D eigenvalue weighted by molar-refractivity contribution is 0.102. The van der Waals surface area contributed by atoms with Gasteiger partial charge in [-0.2, -0.15) is 5.26 Å². The maximum Gasteiger partial charge on any atom is 0.259 e. The minimum atomic E-state index is -0.624. The molecular formula is C14H8BrFN2O. The fourth-order valence-electron chi connectivity index (χ4n) is 1.59. The molecule has 2 aromatic rings. The third-order valence-electron chi connectivity index (χ3n) is 2.49. The van der Waals surface area contributed by atoms with E-state index in [-0.39, 0.29) is 5.56 Å². The summed E-state index contributed by atoms with van der Waals surface area (Å²) in [5.74, 6) is -1.23. The first-order valence-electron chi connectivity index (χ1n) is 5.38. The molecule has 0 spiro atoms. The number of halogens is 2. The van der Waals surface area contributed by atoms with Crippen LogP contribution in [0.4, 0.5) is 10.1 Å². The fraction of sp³-hybridized carbons (Fsp3) is 0. The summed E-state index contributed by atoms with van der Waals surface area (Å²) in [6, 6.07) is 12.8. The number of para-hydroxylation sites is 1. The minimum Gasteiger partial charge on any atom is -0.321 e. The number of hydrogen-bond donors (Lipinski definition) is 1. The molecule has 3 nitrogen and oxygen atoms in total. The first-order chi connectivity index (χ1) is 9.13. The summed E-state index contributed by atoms with van der Waals surface area (Å²) >= 11 is 3.13. The number of benzene rings is 2. The van der Waals surface area contributed by atoms with Crippen LogP contribution in [0.25, 0.3) is 0 Å². The van der Waals surface area contributed by atoms with Crippen molar-refractivity contribution in [1.82, 2.24) is 0 Å². The number of nitriles is 1. The van der Waals surface area contributed by atoms with Crippen molar-refractivity contribution in [3.05, 3.63) is 63.9 Å². The highest BCUT2D eigenvalue weighted by atomic mass is 79.9. The summed E-state index contributed by atoms with van der Waals surface area (Å²) in [7, 11) is 0. The van der Waals surface area contributed by atoms with Gasteiger partial charge in [0.15, 0.2) is 0 Å². The van der Waals surface area contributed by atoms with Crippen LogP contribution in [0, 0.1) is 17.1 Å². The van der Waals surface area contributed by atoms with E-state index < -0.39 is 11.7 Å². The van der Waals surface area contributed by atoms with Crippen molar-refractivity contribution in [2.24, 2.45) is 0 Å². The Hall–Kier alpha value is -2.19. The average Bonchev–Trinajstić information content (AvgIpc) is 2.39. The van der Waals surface area contributed by atoms with Crippen molar-refractivity contribution in [3.63, 3.8) is 0 Å². The highest BCUT2D eigenvalue weighted by Crippen LogP contribution is 2.22. The zero-order chi connectivity index (χ0) is 13.8. The smallest absolute Gasteiger partial charge is 0.259 e. The van der Waals surface area contributed by atoms with Gasteiger partial charge in [-0.15, -0.1) is 0 Å². The van der Waals surface area contributed by atoms with E-state index in [0.29, 0.717) is 15.7 Å². The molecule has 0 atom stereocenters. The molecule has 0 heterocycles. The number of rotatable bonds is 2. The number of anilines is 1. The molecule has 0 aliphatic carbocycles. The summed E-state index contributed by atoms with van der Waals surface area (Å²) in [5, 5.41) is 11.5. The number of amides is 1. The van der Waals surface area contributed by atoms with Crippen LogP contribution in [-0.4, -0.2) is 5.91 Å². The molecule has 1 N–H and O–H groups in total. The highest BCUT2D eigenvalue weighted by Gasteiger charge is 2.16. The number of carbonyl (C=O) groups excluding carboxylic acids is 1. The topological polar surface area (TPSA) is 52.9 Å². The molecule has 19 heavy (non-hydrogen) atoms. The second-order valence-corrected chi connectivity index (χ2v) is 4.56. The van der Waals surface area contributed by atoms with Gasteiger partial charge in [0.1, 0.15) is 11.9 Å². The predicted octanol–water partition coefficient (Wildman–Crippen LogP) is 3.71. The first kappa shape index (κ1) is 13.2. The van der Waals surface area contributed by atoms with Crippen molar-refractivity contribution in [1.29, 1.82) is 5.26 Å². The second kappa shape index (κ2) is 5.63. The Morgan fingerprint density at radius 3 is 2.63 bits per heavy atom. The van der Waals surface area contributed by atoms with Crippen LogP contribution in [0.3, 0.4) is 0 Å². The van der Waals surface area contributed by atoms with E-state index in [1.165, 1.54) is 12.1 Å². The molecular weight excluding hydrogens is 311 g/mol. The maximum absolute atomic E-state index is 13.6. The van der Waals surface area contributed by atoms with E-state index in [4.69, 9.17) is 5.26 Å². The molecule has 0 saturated carbocycles.